The van der Waals surface area contributed by atoms with Crippen LogP contribution in [0, 0.1) is 0 Å². The third kappa shape index (κ3) is 5.30. The molecule has 0 aliphatic heterocycles. The molecule has 144 valence electrons. The molecule has 0 bridgehead atoms. The number of hydrogen-bond acceptors (Lipinski definition) is 5. The van der Waals surface area contributed by atoms with Crippen molar-refractivity contribution in [1.82, 2.24) is 4.98 Å². The zero-order chi connectivity index (χ0) is 19.8. The smallest absolute Gasteiger partial charge is 0.338 e. The first-order valence-corrected chi connectivity index (χ1v) is 9.23. The normalized spacial score (nSPS) is 10.5. The molecule has 3 rings (SSSR count). The van der Waals surface area contributed by atoms with Crippen LogP contribution in [-0.2, 0) is 16.0 Å². The lowest BCUT2D eigenvalue weighted by molar-refractivity contribution is -0.116. The van der Waals surface area contributed by atoms with E-state index in [1.807, 2.05) is 37.3 Å². The van der Waals surface area contributed by atoms with Gasteiger partial charge < -0.3 is 14.5 Å². The molecule has 0 fully saturated rings. The molecule has 6 heteroatoms. The van der Waals surface area contributed by atoms with Crippen LogP contribution in [0.15, 0.2) is 65.2 Å². The van der Waals surface area contributed by atoms with Crippen molar-refractivity contribution in [2.45, 2.75) is 26.2 Å². The Hall–Kier alpha value is -3.41. The minimum absolute atomic E-state index is 0.152. The number of hydrogen-bond donors (Lipinski definition) is 1. The summed E-state index contributed by atoms with van der Waals surface area (Å²) < 4.78 is 10.8. The summed E-state index contributed by atoms with van der Waals surface area (Å²) in [6.07, 6.45) is 3.09. The summed E-state index contributed by atoms with van der Waals surface area (Å²) >= 11 is 0. The van der Waals surface area contributed by atoms with Crippen molar-refractivity contribution in [3.05, 3.63) is 72.2 Å². The fourth-order valence-electron chi connectivity index (χ4n) is 2.57. The number of rotatable bonds is 8. The van der Waals surface area contributed by atoms with E-state index in [1.165, 1.54) is 0 Å². The molecule has 0 unspecified atom stereocenters. The highest BCUT2D eigenvalue weighted by atomic mass is 16.5. The van der Waals surface area contributed by atoms with Crippen LogP contribution in [0.25, 0.3) is 11.3 Å². The van der Waals surface area contributed by atoms with Gasteiger partial charge in [0.05, 0.1) is 18.4 Å². The van der Waals surface area contributed by atoms with E-state index in [9.17, 15) is 9.59 Å². The third-order valence-corrected chi connectivity index (χ3v) is 4.02. The Morgan fingerprint density at radius 1 is 1.07 bits per heavy atom. The van der Waals surface area contributed by atoms with Crippen LogP contribution in [0.5, 0.6) is 0 Å². The monoisotopic (exact) mass is 378 g/mol. The van der Waals surface area contributed by atoms with Crippen molar-refractivity contribution in [2.24, 2.45) is 0 Å². The highest BCUT2D eigenvalue weighted by Gasteiger charge is 2.10. The summed E-state index contributed by atoms with van der Waals surface area (Å²) in [5, 5.41) is 2.80. The number of ether oxygens (including phenoxy) is 1. The van der Waals surface area contributed by atoms with E-state index >= 15 is 0 Å². The Balaban J connectivity index is 1.49. The van der Waals surface area contributed by atoms with Crippen molar-refractivity contribution in [2.75, 3.05) is 11.9 Å². The SMILES string of the molecule is CCCOC(=O)c1ccc(NC(=O)CCc2ncc(-c3ccccc3)o2)cc1. The van der Waals surface area contributed by atoms with E-state index in [0.717, 1.165) is 12.0 Å². The fourth-order valence-corrected chi connectivity index (χ4v) is 2.57. The molecule has 28 heavy (non-hydrogen) atoms. The molecule has 0 aliphatic rings. The summed E-state index contributed by atoms with van der Waals surface area (Å²) in [7, 11) is 0. The second-order valence-electron chi connectivity index (χ2n) is 6.25. The number of carbonyl (C=O) groups excluding carboxylic acids is 2. The topological polar surface area (TPSA) is 81.4 Å². The third-order valence-electron chi connectivity index (χ3n) is 4.02. The van der Waals surface area contributed by atoms with Crippen LogP contribution < -0.4 is 5.32 Å². The molecule has 2 aromatic carbocycles. The van der Waals surface area contributed by atoms with Gasteiger partial charge in [0.25, 0.3) is 0 Å². The number of nitrogens with one attached hydrogen (secondary N) is 1. The number of carbonyl (C=O) groups is 2. The maximum absolute atomic E-state index is 12.2. The lowest BCUT2D eigenvalue weighted by Crippen LogP contribution is -2.12. The summed E-state index contributed by atoms with van der Waals surface area (Å²) in [6.45, 7) is 2.33. The van der Waals surface area contributed by atoms with Crippen molar-refractivity contribution in [1.29, 1.82) is 0 Å². The molecule has 1 N–H and O–H groups in total. The van der Waals surface area contributed by atoms with Crippen molar-refractivity contribution >= 4 is 17.6 Å². The summed E-state index contributed by atoms with van der Waals surface area (Å²) in [6, 6.07) is 16.3. The van der Waals surface area contributed by atoms with Crippen LogP contribution in [-0.4, -0.2) is 23.5 Å². The average molecular weight is 378 g/mol. The largest absolute Gasteiger partial charge is 0.462 e. The Morgan fingerprint density at radius 3 is 2.54 bits per heavy atom. The number of anilines is 1. The van der Waals surface area contributed by atoms with Gasteiger partial charge >= 0.3 is 5.97 Å². The van der Waals surface area contributed by atoms with Crippen molar-refractivity contribution in [3.63, 3.8) is 0 Å². The molecule has 0 aliphatic carbocycles. The molecular weight excluding hydrogens is 356 g/mol. The Labute approximate surface area is 163 Å². The Morgan fingerprint density at radius 2 is 1.82 bits per heavy atom. The number of aryl methyl sites for hydroxylation is 1. The van der Waals surface area contributed by atoms with Crippen LogP contribution in [0.2, 0.25) is 0 Å². The number of nitrogens with zero attached hydrogens (tertiary/aromatic N) is 1. The first-order valence-electron chi connectivity index (χ1n) is 9.23. The number of oxazole rings is 1. The van der Waals surface area contributed by atoms with Gasteiger partial charge in [0.15, 0.2) is 11.7 Å². The van der Waals surface area contributed by atoms with Gasteiger partial charge in [0, 0.05) is 24.1 Å². The van der Waals surface area contributed by atoms with Crippen LogP contribution in [0.1, 0.15) is 36.0 Å². The van der Waals surface area contributed by atoms with Gasteiger partial charge in [-0.15, -0.1) is 0 Å². The summed E-state index contributed by atoms with van der Waals surface area (Å²) in [4.78, 5) is 28.2. The van der Waals surface area contributed by atoms with E-state index in [1.54, 1.807) is 30.5 Å². The second-order valence-corrected chi connectivity index (χ2v) is 6.25. The maximum Gasteiger partial charge on any atom is 0.338 e. The number of aromatic nitrogens is 1. The lowest BCUT2D eigenvalue weighted by atomic mass is 10.2. The van der Waals surface area contributed by atoms with Gasteiger partial charge in [-0.25, -0.2) is 9.78 Å². The van der Waals surface area contributed by atoms with E-state index in [2.05, 4.69) is 10.3 Å². The molecule has 3 aromatic rings. The molecule has 0 saturated carbocycles. The van der Waals surface area contributed by atoms with Crippen LogP contribution in [0.4, 0.5) is 5.69 Å². The number of amides is 1. The van der Waals surface area contributed by atoms with Gasteiger partial charge in [-0.3, -0.25) is 4.79 Å². The second kappa shape index (κ2) is 9.50. The maximum atomic E-state index is 12.2. The fraction of sp³-hybridized carbons (Fsp3) is 0.227. The molecule has 1 aromatic heterocycles. The van der Waals surface area contributed by atoms with Crippen LogP contribution in [0.3, 0.4) is 0 Å². The molecule has 0 spiro atoms. The van der Waals surface area contributed by atoms with E-state index in [-0.39, 0.29) is 18.3 Å². The lowest BCUT2D eigenvalue weighted by Gasteiger charge is -2.06. The van der Waals surface area contributed by atoms with Gasteiger partial charge in [0.1, 0.15) is 0 Å². The predicted molar refractivity (Wildman–Crippen MR) is 106 cm³/mol. The molecule has 0 saturated heterocycles. The number of esters is 1. The van der Waals surface area contributed by atoms with Gasteiger partial charge in [-0.2, -0.15) is 0 Å². The quantitative estimate of drug-likeness (QED) is 0.585. The minimum atomic E-state index is -0.363. The highest BCUT2D eigenvalue weighted by Crippen LogP contribution is 2.20. The van der Waals surface area contributed by atoms with E-state index < -0.39 is 0 Å². The standard InChI is InChI=1S/C22H22N2O4/c1-2-14-27-22(26)17-8-10-18(11-9-17)24-20(25)12-13-21-23-15-19(28-21)16-6-4-3-5-7-16/h3-11,15H,2,12-14H2,1H3,(H,24,25). The van der Waals surface area contributed by atoms with Crippen molar-refractivity contribution < 1.29 is 18.7 Å². The zero-order valence-corrected chi connectivity index (χ0v) is 15.7. The number of benzene rings is 2. The molecule has 0 radical (unpaired) electrons. The highest BCUT2D eigenvalue weighted by molar-refractivity contribution is 5.93. The van der Waals surface area contributed by atoms with E-state index in [4.69, 9.17) is 9.15 Å². The predicted octanol–water partition coefficient (Wildman–Crippen LogP) is 4.48. The average Bonchev–Trinajstić information content (AvgIpc) is 3.21. The van der Waals surface area contributed by atoms with Crippen molar-refractivity contribution in [3.8, 4) is 11.3 Å². The summed E-state index contributed by atoms with van der Waals surface area (Å²) in [5.41, 5.74) is 2.03. The molecule has 6 nitrogen and oxygen atoms in total. The molecular formula is C22H22N2O4. The first-order chi connectivity index (χ1) is 13.7. The molecule has 0 atom stereocenters. The summed E-state index contributed by atoms with van der Waals surface area (Å²) in [5.74, 6) is 0.684. The van der Waals surface area contributed by atoms with Gasteiger partial charge in [0.2, 0.25) is 5.91 Å². The minimum Gasteiger partial charge on any atom is -0.462 e. The zero-order valence-electron chi connectivity index (χ0n) is 15.7. The Kier molecular flexibility index (Phi) is 6.57. The molecule has 1 amide bonds. The van der Waals surface area contributed by atoms with Gasteiger partial charge in [-0.1, -0.05) is 37.3 Å². The van der Waals surface area contributed by atoms with Crippen LogP contribution >= 0.6 is 0 Å². The Bertz CT molecular complexity index is 917. The van der Waals surface area contributed by atoms with Gasteiger partial charge in [-0.05, 0) is 30.7 Å². The molecule has 1 heterocycles. The van der Waals surface area contributed by atoms with E-state index in [0.29, 0.717) is 35.9 Å². The first kappa shape index (κ1) is 19.4.